The van der Waals surface area contributed by atoms with Gasteiger partial charge in [0.2, 0.25) is 0 Å². The Morgan fingerprint density at radius 1 is 0.909 bits per heavy atom. The molecule has 4 aromatic rings. The molecule has 2 N–H and O–H groups in total. The zero-order valence-corrected chi connectivity index (χ0v) is 20.5. The van der Waals surface area contributed by atoms with E-state index in [1.165, 1.54) is 47.7 Å². The Morgan fingerprint density at radius 2 is 1.64 bits per heavy atom. The summed E-state index contributed by atoms with van der Waals surface area (Å²) in [6.07, 6.45) is 0. The summed E-state index contributed by atoms with van der Waals surface area (Å²) in [7, 11) is -3.84. The summed E-state index contributed by atoms with van der Waals surface area (Å²) < 4.78 is 28.2. The Balaban J connectivity index is 1.57. The number of hydrogen-bond donors (Lipinski definition) is 2. The maximum absolute atomic E-state index is 12.8. The minimum absolute atomic E-state index is 0.0783. The van der Waals surface area contributed by atoms with Gasteiger partial charge in [0, 0.05) is 21.5 Å². The third kappa shape index (κ3) is 5.48. The van der Waals surface area contributed by atoms with Gasteiger partial charge in [-0.1, -0.05) is 53.0 Å². The standard InChI is InChI=1S/C22H14Cl3N3O3S2/c23-14-6-8-15(9-7-14)33(30,31)28-19-4-2-1-3-16(19)20-12-32-22(26-20)27-21(29)13-5-10-17(24)18(25)11-13/h1-12,28H,(H,26,27,29). The molecule has 3 aromatic carbocycles. The molecule has 1 aromatic heterocycles. The third-order valence-corrected chi connectivity index (χ3v) is 7.61. The van der Waals surface area contributed by atoms with Crippen LogP contribution in [-0.2, 0) is 10.0 Å². The Bertz CT molecular complexity index is 1440. The van der Waals surface area contributed by atoms with Gasteiger partial charge in [0.15, 0.2) is 5.13 Å². The van der Waals surface area contributed by atoms with Crippen LogP contribution in [0, 0.1) is 0 Å². The summed E-state index contributed by atoms with van der Waals surface area (Å²) in [4.78, 5) is 17.0. The summed E-state index contributed by atoms with van der Waals surface area (Å²) >= 11 is 18.9. The van der Waals surface area contributed by atoms with Crippen LogP contribution in [0.3, 0.4) is 0 Å². The number of carbonyl (C=O) groups is 1. The van der Waals surface area contributed by atoms with Crippen LogP contribution in [0.5, 0.6) is 0 Å². The van der Waals surface area contributed by atoms with E-state index in [0.717, 1.165) is 0 Å². The highest BCUT2D eigenvalue weighted by Gasteiger charge is 2.18. The molecule has 168 valence electrons. The lowest BCUT2D eigenvalue weighted by Crippen LogP contribution is -2.13. The highest BCUT2D eigenvalue weighted by atomic mass is 35.5. The van der Waals surface area contributed by atoms with Gasteiger partial charge in [-0.2, -0.15) is 0 Å². The van der Waals surface area contributed by atoms with E-state index >= 15 is 0 Å². The topological polar surface area (TPSA) is 88.2 Å². The van der Waals surface area contributed by atoms with Crippen molar-refractivity contribution < 1.29 is 13.2 Å². The lowest BCUT2D eigenvalue weighted by Gasteiger charge is -2.11. The van der Waals surface area contributed by atoms with Crippen molar-refractivity contribution in [3.63, 3.8) is 0 Å². The lowest BCUT2D eigenvalue weighted by molar-refractivity contribution is 0.102. The number of hydrogen-bond acceptors (Lipinski definition) is 5. The fourth-order valence-corrected chi connectivity index (χ4v) is 5.08. The van der Waals surface area contributed by atoms with Gasteiger partial charge in [-0.05, 0) is 48.5 Å². The zero-order chi connectivity index (χ0) is 23.6. The maximum Gasteiger partial charge on any atom is 0.261 e. The van der Waals surface area contributed by atoms with Gasteiger partial charge in [-0.25, -0.2) is 13.4 Å². The number of sulfonamides is 1. The van der Waals surface area contributed by atoms with E-state index in [2.05, 4.69) is 15.0 Å². The van der Waals surface area contributed by atoms with E-state index in [1.807, 2.05) is 0 Å². The predicted octanol–water partition coefficient (Wildman–Crippen LogP) is 6.82. The lowest BCUT2D eigenvalue weighted by atomic mass is 10.1. The fraction of sp³-hybridized carbons (Fsp3) is 0. The van der Waals surface area contributed by atoms with E-state index in [0.29, 0.717) is 37.7 Å². The number of carbonyl (C=O) groups excluding carboxylic acids is 1. The first kappa shape index (κ1) is 23.5. The number of nitrogens with zero attached hydrogens (tertiary/aromatic N) is 1. The molecule has 1 heterocycles. The van der Waals surface area contributed by atoms with E-state index in [4.69, 9.17) is 34.8 Å². The average Bonchev–Trinajstić information content (AvgIpc) is 3.24. The van der Waals surface area contributed by atoms with Crippen molar-refractivity contribution in [1.82, 2.24) is 4.98 Å². The average molecular weight is 539 g/mol. The van der Waals surface area contributed by atoms with E-state index in [9.17, 15) is 13.2 Å². The number of aromatic nitrogens is 1. The molecule has 33 heavy (non-hydrogen) atoms. The number of nitrogens with one attached hydrogen (secondary N) is 2. The van der Waals surface area contributed by atoms with E-state index in [-0.39, 0.29) is 9.92 Å². The highest BCUT2D eigenvalue weighted by Crippen LogP contribution is 2.32. The van der Waals surface area contributed by atoms with Gasteiger partial charge < -0.3 is 0 Å². The van der Waals surface area contributed by atoms with Crippen molar-refractivity contribution in [3.05, 3.63) is 92.7 Å². The van der Waals surface area contributed by atoms with E-state index < -0.39 is 15.9 Å². The van der Waals surface area contributed by atoms with Gasteiger partial charge >= 0.3 is 0 Å². The molecular weight excluding hydrogens is 525 g/mol. The first-order valence-electron chi connectivity index (χ1n) is 9.33. The molecule has 0 aliphatic heterocycles. The molecule has 4 rings (SSSR count). The van der Waals surface area contributed by atoms with Gasteiger partial charge in [0.1, 0.15) is 0 Å². The SMILES string of the molecule is O=C(Nc1nc(-c2ccccc2NS(=O)(=O)c2ccc(Cl)cc2)cs1)c1ccc(Cl)c(Cl)c1. The smallest absolute Gasteiger partial charge is 0.261 e. The Morgan fingerprint density at radius 3 is 2.36 bits per heavy atom. The van der Waals surface area contributed by atoms with Gasteiger partial charge in [-0.3, -0.25) is 14.8 Å². The van der Waals surface area contributed by atoms with Crippen LogP contribution < -0.4 is 10.0 Å². The summed E-state index contributed by atoms with van der Waals surface area (Å²) in [5, 5.41) is 5.83. The van der Waals surface area contributed by atoms with Crippen molar-refractivity contribution in [3.8, 4) is 11.3 Å². The van der Waals surface area contributed by atoms with Gasteiger partial charge in [0.25, 0.3) is 15.9 Å². The maximum atomic E-state index is 12.8. The second kappa shape index (κ2) is 9.70. The zero-order valence-electron chi connectivity index (χ0n) is 16.6. The molecule has 11 heteroatoms. The van der Waals surface area contributed by atoms with Crippen LogP contribution >= 0.6 is 46.1 Å². The Kier molecular flexibility index (Phi) is 6.92. The normalized spacial score (nSPS) is 11.2. The second-order valence-corrected chi connectivity index (χ2v) is 10.5. The van der Waals surface area contributed by atoms with Gasteiger partial charge in [0.05, 0.1) is 26.3 Å². The van der Waals surface area contributed by atoms with Crippen LogP contribution in [0.4, 0.5) is 10.8 Å². The molecule has 0 spiro atoms. The third-order valence-electron chi connectivity index (χ3n) is 4.48. The number of anilines is 2. The van der Waals surface area contributed by atoms with Crippen molar-refractivity contribution in [2.75, 3.05) is 10.0 Å². The molecule has 0 aliphatic carbocycles. The summed E-state index contributed by atoms with van der Waals surface area (Å²) in [6.45, 7) is 0. The molecule has 0 atom stereocenters. The van der Waals surface area contributed by atoms with Crippen LogP contribution in [0.15, 0.2) is 77.0 Å². The Hall–Kier alpha value is -2.62. The molecule has 0 saturated heterocycles. The first-order chi connectivity index (χ1) is 15.7. The number of halogens is 3. The molecule has 0 aliphatic rings. The molecule has 0 saturated carbocycles. The predicted molar refractivity (Wildman–Crippen MR) is 134 cm³/mol. The first-order valence-corrected chi connectivity index (χ1v) is 12.8. The molecule has 0 radical (unpaired) electrons. The van der Waals surface area contributed by atoms with Crippen molar-refractivity contribution >= 4 is 72.9 Å². The number of thiazole rings is 1. The fourth-order valence-electron chi connectivity index (χ4n) is 2.87. The minimum atomic E-state index is -3.84. The highest BCUT2D eigenvalue weighted by molar-refractivity contribution is 7.92. The summed E-state index contributed by atoms with van der Waals surface area (Å²) in [6, 6.07) is 17.3. The monoisotopic (exact) mass is 537 g/mol. The van der Waals surface area contributed by atoms with Crippen molar-refractivity contribution in [2.45, 2.75) is 4.90 Å². The molecular formula is C22H14Cl3N3O3S2. The second-order valence-electron chi connectivity index (χ2n) is 6.73. The van der Waals surface area contributed by atoms with Gasteiger partial charge in [-0.15, -0.1) is 11.3 Å². The van der Waals surface area contributed by atoms with Crippen LogP contribution in [-0.4, -0.2) is 19.3 Å². The number of amides is 1. The molecule has 0 bridgehead atoms. The quantitative estimate of drug-likeness (QED) is 0.282. The van der Waals surface area contributed by atoms with Crippen molar-refractivity contribution in [2.24, 2.45) is 0 Å². The number of para-hydroxylation sites is 1. The largest absolute Gasteiger partial charge is 0.298 e. The number of rotatable bonds is 6. The Labute approximate surface area is 209 Å². The molecule has 0 fully saturated rings. The molecule has 1 amide bonds. The summed E-state index contributed by atoms with van der Waals surface area (Å²) in [5.41, 5.74) is 1.73. The van der Waals surface area contributed by atoms with Crippen LogP contribution in [0.2, 0.25) is 15.1 Å². The van der Waals surface area contributed by atoms with Crippen molar-refractivity contribution in [1.29, 1.82) is 0 Å². The molecule has 0 unspecified atom stereocenters. The minimum Gasteiger partial charge on any atom is -0.298 e. The van der Waals surface area contributed by atoms with Crippen LogP contribution in [0.1, 0.15) is 10.4 Å². The summed E-state index contributed by atoms with van der Waals surface area (Å²) in [5.74, 6) is -0.397. The number of benzene rings is 3. The molecule has 6 nitrogen and oxygen atoms in total. The van der Waals surface area contributed by atoms with Crippen LogP contribution in [0.25, 0.3) is 11.3 Å². The van der Waals surface area contributed by atoms with E-state index in [1.54, 1.807) is 35.7 Å².